The fraction of sp³-hybridized carbons (Fsp3) is 0.0870. The Kier molecular flexibility index (Phi) is 5.08. The van der Waals surface area contributed by atoms with Crippen molar-refractivity contribution in [3.63, 3.8) is 0 Å². The van der Waals surface area contributed by atoms with Crippen molar-refractivity contribution in [2.24, 2.45) is 0 Å². The first kappa shape index (κ1) is 20.8. The molecule has 0 radical (unpaired) electrons. The van der Waals surface area contributed by atoms with Gasteiger partial charge in [-0.15, -0.1) is 5.75 Å². The van der Waals surface area contributed by atoms with E-state index in [2.05, 4.69) is 0 Å². The zero-order valence-corrected chi connectivity index (χ0v) is 18.5. The van der Waals surface area contributed by atoms with E-state index in [1.54, 1.807) is 41.0 Å². The van der Waals surface area contributed by atoms with Gasteiger partial charge >= 0.3 is 5.97 Å². The summed E-state index contributed by atoms with van der Waals surface area (Å²) in [4.78, 5) is 12.5. The summed E-state index contributed by atoms with van der Waals surface area (Å²) in [6.07, 6.45) is 0. The fourth-order valence-corrected chi connectivity index (χ4v) is 4.70. The Balaban J connectivity index is 1.78. The molecule has 0 bridgehead atoms. The molecule has 4 aromatic rings. The molecule has 3 aromatic carbocycles. The van der Waals surface area contributed by atoms with Gasteiger partial charge in [-0.1, -0.05) is 46.9 Å². The number of rotatable bonds is 4. The summed E-state index contributed by atoms with van der Waals surface area (Å²) < 4.78 is 12.4. The maximum absolute atomic E-state index is 12.5. The fourth-order valence-electron chi connectivity index (χ4n) is 3.96. The first-order valence-corrected chi connectivity index (χ1v) is 10.6. The van der Waals surface area contributed by atoms with Crippen molar-refractivity contribution in [3.05, 3.63) is 74.9 Å². The highest BCUT2D eigenvalue weighted by atomic mass is 35.5. The lowest BCUT2D eigenvalue weighted by atomic mass is 10.0. The van der Waals surface area contributed by atoms with E-state index >= 15 is 0 Å². The molecule has 1 aliphatic heterocycles. The molecule has 0 saturated carbocycles. The molecule has 1 aliphatic rings. The van der Waals surface area contributed by atoms with Gasteiger partial charge in [0.05, 0.1) is 6.54 Å². The molecule has 0 fully saturated rings. The van der Waals surface area contributed by atoms with E-state index in [4.69, 9.17) is 44.3 Å². The van der Waals surface area contributed by atoms with Gasteiger partial charge in [0.25, 0.3) is 0 Å². The number of halogens is 3. The Bertz CT molecular complexity index is 1390. The maximum Gasteiger partial charge on any atom is 0.353 e. The number of fused-ring (bicyclic) bond motifs is 2. The molecule has 32 heavy (non-hydrogen) atoms. The highest BCUT2D eigenvalue weighted by molar-refractivity contribution is 6.35. The smallest absolute Gasteiger partial charge is 0.353 e. The molecule has 0 saturated heterocycles. The molecule has 0 amide bonds. The SMILES string of the molecule is O=C(O)c1c(-c2cc(Cl)cc(Cl)c2)c2cc([O-])ccc2n1Cc1cc2c(cc1Cl)OCO2. The number of aromatic nitrogens is 1. The molecule has 9 heteroatoms. The quantitative estimate of drug-likeness (QED) is 0.391. The van der Waals surface area contributed by atoms with E-state index in [9.17, 15) is 15.0 Å². The number of hydrogen-bond acceptors (Lipinski definition) is 4. The summed E-state index contributed by atoms with van der Waals surface area (Å²) in [6, 6.07) is 12.5. The van der Waals surface area contributed by atoms with Gasteiger partial charge in [0, 0.05) is 37.6 Å². The van der Waals surface area contributed by atoms with E-state index in [1.165, 1.54) is 12.1 Å². The van der Waals surface area contributed by atoms with Crippen molar-refractivity contribution in [1.29, 1.82) is 0 Å². The lowest BCUT2D eigenvalue weighted by molar-refractivity contribution is -0.268. The number of nitrogens with zero attached hydrogens (tertiary/aromatic N) is 1. The summed E-state index contributed by atoms with van der Waals surface area (Å²) in [6.45, 7) is 0.216. The first-order chi connectivity index (χ1) is 15.3. The van der Waals surface area contributed by atoms with Crippen molar-refractivity contribution in [3.8, 4) is 28.4 Å². The molecule has 0 aliphatic carbocycles. The van der Waals surface area contributed by atoms with Gasteiger partial charge in [0.1, 0.15) is 5.69 Å². The summed E-state index contributed by atoms with van der Waals surface area (Å²) in [5.41, 5.74) is 2.02. The van der Waals surface area contributed by atoms with Crippen LogP contribution in [0.4, 0.5) is 0 Å². The van der Waals surface area contributed by atoms with Gasteiger partial charge in [-0.25, -0.2) is 4.79 Å². The average molecular weight is 490 g/mol. The maximum atomic E-state index is 12.5. The third-order valence-electron chi connectivity index (χ3n) is 5.26. The van der Waals surface area contributed by atoms with Crippen LogP contribution in [0.1, 0.15) is 16.1 Å². The van der Waals surface area contributed by atoms with Crippen molar-refractivity contribution in [2.75, 3.05) is 6.79 Å². The zero-order valence-electron chi connectivity index (χ0n) is 16.2. The van der Waals surface area contributed by atoms with Gasteiger partial charge in [0.15, 0.2) is 11.5 Å². The molecular weight excluding hydrogens is 477 g/mol. The number of benzene rings is 3. The Labute approximate surface area is 197 Å². The molecule has 2 heterocycles. The van der Waals surface area contributed by atoms with Crippen LogP contribution in [0.5, 0.6) is 17.2 Å². The third-order valence-corrected chi connectivity index (χ3v) is 6.05. The zero-order chi connectivity index (χ0) is 22.6. The lowest BCUT2D eigenvalue weighted by Gasteiger charge is -2.12. The van der Waals surface area contributed by atoms with Crippen LogP contribution in [-0.4, -0.2) is 22.4 Å². The summed E-state index contributed by atoms with van der Waals surface area (Å²) in [5.74, 6) is -0.361. The van der Waals surface area contributed by atoms with E-state index in [0.29, 0.717) is 54.2 Å². The molecular formula is C23H13Cl3NO5-. The second-order valence-electron chi connectivity index (χ2n) is 7.25. The second-order valence-corrected chi connectivity index (χ2v) is 8.53. The van der Waals surface area contributed by atoms with Crippen LogP contribution < -0.4 is 14.6 Å². The van der Waals surface area contributed by atoms with Gasteiger partial charge in [-0.05, 0) is 41.5 Å². The molecule has 1 aromatic heterocycles. The number of carbonyl (C=O) groups is 1. The molecule has 162 valence electrons. The predicted octanol–water partition coefficient (Wildman–Crippen LogP) is 5.82. The van der Waals surface area contributed by atoms with E-state index < -0.39 is 5.97 Å². The number of carboxylic acid groups (broad SMARTS) is 1. The predicted molar refractivity (Wildman–Crippen MR) is 120 cm³/mol. The van der Waals surface area contributed by atoms with E-state index in [-0.39, 0.29) is 24.8 Å². The minimum atomic E-state index is -1.17. The van der Waals surface area contributed by atoms with Gasteiger partial charge < -0.3 is 24.3 Å². The van der Waals surface area contributed by atoms with Crippen LogP contribution in [0, 0.1) is 0 Å². The minimum Gasteiger partial charge on any atom is -0.872 e. The largest absolute Gasteiger partial charge is 0.872 e. The number of ether oxygens (including phenoxy) is 2. The van der Waals surface area contributed by atoms with E-state index in [0.717, 1.165) is 0 Å². The van der Waals surface area contributed by atoms with Gasteiger partial charge in [-0.3, -0.25) is 0 Å². The minimum absolute atomic E-state index is 0.0160. The third kappa shape index (κ3) is 3.50. The molecule has 0 unspecified atom stereocenters. The topological polar surface area (TPSA) is 83.8 Å². The Hall–Kier alpha value is -3.06. The van der Waals surface area contributed by atoms with Crippen LogP contribution in [0.2, 0.25) is 15.1 Å². The number of carboxylic acids is 1. The Morgan fingerprint density at radius 3 is 2.38 bits per heavy atom. The molecule has 1 N–H and O–H groups in total. The van der Waals surface area contributed by atoms with Gasteiger partial charge in [-0.2, -0.15) is 0 Å². The van der Waals surface area contributed by atoms with Crippen molar-refractivity contribution in [2.45, 2.75) is 6.54 Å². The highest BCUT2D eigenvalue weighted by Gasteiger charge is 2.25. The Morgan fingerprint density at radius 1 is 1.00 bits per heavy atom. The normalized spacial score (nSPS) is 12.5. The highest BCUT2D eigenvalue weighted by Crippen LogP contribution is 2.41. The van der Waals surface area contributed by atoms with Crippen LogP contribution >= 0.6 is 34.8 Å². The van der Waals surface area contributed by atoms with Crippen molar-refractivity contribution in [1.82, 2.24) is 4.57 Å². The van der Waals surface area contributed by atoms with Gasteiger partial charge in [0.2, 0.25) is 6.79 Å². The standard InChI is InChI=1S/C23H14Cl3NO5/c24-13-3-11(4-14(25)6-13)21-16-7-15(28)1-2-18(16)27(22(21)23(29)30)9-12-5-19-20(8-17(12)26)32-10-31-19/h1-8,28H,9-10H2,(H,29,30)/p-1. The monoisotopic (exact) mass is 488 g/mol. The average Bonchev–Trinajstić information content (AvgIpc) is 3.29. The molecule has 6 nitrogen and oxygen atoms in total. The van der Waals surface area contributed by atoms with Crippen molar-refractivity contribution >= 4 is 51.7 Å². The summed E-state index contributed by atoms with van der Waals surface area (Å²) >= 11 is 18.8. The first-order valence-electron chi connectivity index (χ1n) is 9.43. The molecule has 0 atom stereocenters. The number of hydrogen-bond donors (Lipinski definition) is 1. The second kappa shape index (κ2) is 7.81. The number of aromatic carboxylic acids is 1. The Morgan fingerprint density at radius 2 is 1.69 bits per heavy atom. The van der Waals surface area contributed by atoms with E-state index in [1.807, 2.05) is 0 Å². The molecule has 5 rings (SSSR count). The lowest BCUT2D eigenvalue weighted by Crippen LogP contribution is -2.11. The van der Waals surface area contributed by atoms with Crippen LogP contribution in [0.25, 0.3) is 22.0 Å². The summed E-state index contributed by atoms with van der Waals surface area (Å²) in [5, 5.41) is 23.9. The summed E-state index contributed by atoms with van der Waals surface area (Å²) in [7, 11) is 0. The molecule has 0 spiro atoms. The van der Waals surface area contributed by atoms with Crippen LogP contribution in [0.3, 0.4) is 0 Å². The van der Waals surface area contributed by atoms with Crippen LogP contribution in [-0.2, 0) is 6.54 Å². The van der Waals surface area contributed by atoms with Crippen LogP contribution in [0.15, 0.2) is 48.5 Å². The van der Waals surface area contributed by atoms with Crippen molar-refractivity contribution < 1.29 is 24.5 Å².